The summed E-state index contributed by atoms with van der Waals surface area (Å²) in [5.41, 5.74) is 3.52. The number of rotatable bonds is 2. The van der Waals surface area contributed by atoms with Crippen LogP contribution in [0.2, 0.25) is 0 Å². The van der Waals surface area contributed by atoms with Gasteiger partial charge in [-0.05, 0) is 42.2 Å². The predicted molar refractivity (Wildman–Crippen MR) is 85.4 cm³/mol. The van der Waals surface area contributed by atoms with Crippen LogP contribution >= 0.6 is 0 Å². The topological polar surface area (TPSA) is 34.9 Å². The first-order valence-corrected chi connectivity index (χ1v) is 7.63. The molecule has 3 aromatic rings. The zero-order valence-corrected chi connectivity index (χ0v) is 12.4. The van der Waals surface area contributed by atoms with Gasteiger partial charge in [0.25, 0.3) is 0 Å². The van der Waals surface area contributed by atoms with Gasteiger partial charge in [-0.25, -0.2) is 9.07 Å². The van der Waals surface area contributed by atoms with Crippen molar-refractivity contribution in [3.8, 4) is 5.69 Å². The van der Waals surface area contributed by atoms with Crippen LogP contribution in [0.3, 0.4) is 0 Å². The zero-order chi connectivity index (χ0) is 15.8. The van der Waals surface area contributed by atoms with E-state index in [0.29, 0.717) is 12.0 Å². The molecule has 1 aliphatic carbocycles. The highest BCUT2D eigenvalue weighted by Crippen LogP contribution is 2.33. The van der Waals surface area contributed by atoms with E-state index in [1.807, 2.05) is 18.2 Å². The Bertz CT molecular complexity index is 853. The lowest BCUT2D eigenvalue weighted by Gasteiger charge is -2.22. The molecule has 0 bridgehead atoms. The number of carbonyl (C=O) groups excluding carboxylic acids is 1. The summed E-state index contributed by atoms with van der Waals surface area (Å²) in [5, 5.41) is 4.35. The van der Waals surface area contributed by atoms with E-state index in [0.717, 1.165) is 17.8 Å². The highest BCUT2D eigenvalue weighted by atomic mass is 19.1. The summed E-state index contributed by atoms with van der Waals surface area (Å²) < 4.78 is 14.9. The van der Waals surface area contributed by atoms with Crippen molar-refractivity contribution in [1.82, 2.24) is 9.78 Å². The van der Waals surface area contributed by atoms with Crippen LogP contribution in [0.15, 0.2) is 60.8 Å². The third-order valence-electron chi connectivity index (χ3n) is 4.38. The second kappa shape index (κ2) is 5.47. The maximum absolute atomic E-state index is 13.1. The van der Waals surface area contributed by atoms with E-state index in [-0.39, 0.29) is 17.5 Å². The summed E-state index contributed by atoms with van der Waals surface area (Å²) in [4.78, 5) is 12.5. The lowest BCUT2D eigenvalue weighted by atomic mass is 9.82. The molecule has 3 nitrogen and oxygen atoms in total. The first kappa shape index (κ1) is 13.9. The number of benzene rings is 2. The molecule has 0 fully saturated rings. The van der Waals surface area contributed by atoms with Gasteiger partial charge in [0.05, 0.1) is 23.1 Å². The largest absolute Gasteiger partial charge is 0.294 e. The minimum absolute atomic E-state index is 0.119. The monoisotopic (exact) mass is 306 g/mol. The van der Waals surface area contributed by atoms with Crippen LogP contribution in [0.1, 0.15) is 34.0 Å². The predicted octanol–water partition coefficient (Wildman–Crippen LogP) is 3.92. The van der Waals surface area contributed by atoms with E-state index in [1.54, 1.807) is 23.0 Å². The van der Waals surface area contributed by atoms with Gasteiger partial charge in [0.15, 0.2) is 5.78 Å². The molecule has 23 heavy (non-hydrogen) atoms. The fourth-order valence-electron chi connectivity index (χ4n) is 3.21. The van der Waals surface area contributed by atoms with Gasteiger partial charge in [0.1, 0.15) is 5.82 Å². The van der Waals surface area contributed by atoms with Crippen LogP contribution in [0, 0.1) is 5.82 Å². The van der Waals surface area contributed by atoms with E-state index in [1.165, 1.54) is 17.7 Å². The third kappa shape index (κ3) is 2.46. The molecule has 2 aromatic carbocycles. The van der Waals surface area contributed by atoms with Crippen molar-refractivity contribution in [1.29, 1.82) is 0 Å². The van der Waals surface area contributed by atoms with E-state index in [4.69, 9.17) is 0 Å². The van der Waals surface area contributed by atoms with Crippen LogP contribution in [-0.2, 0) is 6.42 Å². The first-order chi connectivity index (χ1) is 11.2. The number of halogens is 1. The van der Waals surface area contributed by atoms with E-state index >= 15 is 0 Å². The van der Waals surface area contributed by atoms with E-state index < -0.39 is 0 Å². The minimum Gasteiger partial charge on any atom is -0.294 e. The molecular formula is C19H15FN2O. The molecule has 0 aliphatic heterocycles. The fraction of sp³-hybridized carbons (Fsp3) is 0.158. The molecule has 0 unspecified atom stereocenters. The highest BCUT2D eigenvalue weighted by molar-refractivity contribution is 5.98. The molecule has 114 valence electrons. The number of carbonyl (C=O) groups is 1. The quantitative estimate of drug-likeness (QED) is 0.719. The van der Waals surface area contributed by atoms with Crippen LogP contribution in [0.5, 0.6) is 0 Å². The first-order valence-electron chi connectivity index (χ1n) is 7.63. The van der Waals surface area contributed by atoms with Crippen molar-refractivity contribution < 1.29 is 9.18 Å². The molecule has 1 aromatic heterocycles. The van der Waals surface area contributed by atoms with Gasteiger partial charge in [-0.15, -0.1) is 0 Å². The second-order valence-electron chi connectivity index (χ2n) is 5.83. The Morgan fingerprint density at radius 2 is 1.74 bits per heavy atom. The van der Waals surface area contributed by atoms with Gasteiger partial charge < -0.3 is 0 Å². The Labute approximate surface area is 133 Å². The normalized spacial score (nSPS) is 17.1. The fourth-order valence-corrected chi connectivity index (χ4v) is 3.21. The number of aromatic nitrogens is 2. The van der Waals surface area contributed by atoms with Gasteiger partial charge in [0.2, 0.25) is 0 Å². The molecular weight excluding hydrogens is 291 g/mol. The van der Waals surface area contributed by atoms with Crippen LogP contribution in [-0.4, -0.2) is 15.6 Å². The van der Waals surface area contributed by atoms with Gasteiger partial charge >= 0.3 is 0 Å². The molecule has 0 spiro atoms. The number of fused-ring (bicyclic) bond motifs is 1. The summed E-state index contributed by atoms with van der Waals surface area (Å²) in [6, 6.07) is 16.2. The molecule has 1 heterocycles. The Kier molecular flexibility index (Phi) is 3.30. The summed E-state index contributed by atoms with van der Waals surface area (Å²) in [5.74, 6) is -0.00595. The van der Waals surface area contributed by atoms with Gasteiger partial charge in [-0.1, -0.05) is 30.3 Å². The van der Waals surface area contributed by atoms with Crippen LogP contribution < -0.4 is 0 Å². The van der Waals surface area contributed by atoms with Crippen molar-refractivity contribution in [3.05, 3.63) is 83.4 Å². The van der Waals surface area contributed by atoms with Gasteiger partial charge in [-0.3, -0.25) is 4.79 Å². The van der Waals surface area contributed by atoms with Crippen LogP contribution in [0.25, 0.3) is 5.69 Å². The molecule has 1 aliphatic rings. The zero-order valence-electron chi connectivity index (χ0n) is 12.4. The van der Waals surface area contributed by atoms with Crippen molar-refractivity contribution in [3.63, 3.8) is 0 Å². The number of ketones is 1. The average molecular weight is 306 g/mol. The number of nitrogens with zero attached hydrogens (tertiary/aromatic N) is 2. The Balaban J connectivity index is 1.75. The molecule has 0 saturated carbocycles. The van der Waals surface area contributed by atoms with Gasteiger partial charge in [0, 0.05) is 6.42 Å². The van der Waals surface area contributed by atoms with E-state index in [9.17, 15) is 9.18 Å². The van der Waals surface area contributed by atoms with Crippen molar-refractivity contribution in [2.75, 3.05) is 0 Å². The van der Waals surface area contributed by atoms with Crippen molar-refractivity contribution in [2.24, 2.45) is 0 Å². The summed E-state index contributed by atoms with van der Waals surface area (Å²) >= 11 is 0. The Hall–Kier alpha value is -2.75. The van der Waals surface area contributed by atoms with Crippen molar-refractivity contribution in [2.45, 2.75) is 18.8 Å². The second-order valence-corrected chi connectivity index (χ2v) is 5.83. The highest BCUT2D eigenvalue weighted by Gasteiger charge is 2.29. The summed E-state index contributed by atoms with van der Waals surface area (Å²) in [6.07, 6.45) is 2.89. The third-order valence-corrected chi connectivity index (χ3v) is 4.38. The number of hydrogen-bond donors (Lipinski definition) is 0. The minimum atomic E-state index is -0.284. The molecule has 0 radical (unpaired) electrons. The lowest BCUT2D eigenvalue weighted by molar-refractivity contribution is 0.0963. The molecule has 4 heteroatoms. The van der Waals surface area contributed by atoms with E-state index in [2.05, 4.69) is 17.2 Å². The molecule has 0 amide bonds. The SMILES string of the molecule is O=C1C[C@H](c2ccccc2)Cc2c1cnn2-c1ccc(F)cc1. The molecule has 0 saturated heterocycles. The maximum Gasteiger partial charge on any atom is 0.166 e. The molecule has 4 rings (SSSR count). The smallest absolute Gasteiger partial charge is 0.166 e. The number of Topliss-reactive ketones (excluding diaryl/α,β-unsaturated/α-hetero) is 1. The Morgan fingerprint density at radius 3 is 2.48 bits per heavy atom. The summed E-state index contributed by atoms with van der Waals surface area (Å²) in [6.45, 7) is 0. The molecule has 1 atom stereocenters. The molecule has 0 N–H and O–H groups in total. The van der Waals surface area contributed by atoms with Crippen molar-refractivity contribution >= 4 is 5.78 Å². The summed E-state index contributed by atoms with van der Waals surface area (Å²) in [7, 11) is 0. The Morgan fingerprint density at radius 1 is 1.00 bits per heavy atom. The number of hydrogen-bond acceptors (Lipinski definition) is 2. The lowest BCUT2D eigenvalue weighted by Crippen LogP contribution is -2.20. The standard InChI is InChI=1S/C19H15FN2O/c20-15-6-8-16(9-7-15)22-18-10-14(13-4-2-1-3-5-13)11-19(23)17(18)12-21-22/h1-9,12,14H,10-11H2/t14-/m1/s1. The van der Waals surface area contributed by atoms with Crippen LogP contribution in [0.4, 0.5) is 4.39 Å². The average Bonchev–Trinajstić information content (AvgIpc) is 3.01. The maximum atomic E-state index is 13.1. The van der Waals surface area contributed by atoms with Gasteiger partial charge in [-0.2, -0.15) is 5.10 Å².